The van der Waals surface area contributed by atoms with Crippen molar-refractivity contribution in [3.63, 3.8) is 0 Å². The zero-order chi connectivity index (χ0) is 11.4. The second-order valence-electron chi connectivity index (χ2n) is 4.68. The highest BCUT2D eigenvalue weighted by atomic mass is 32.1. The number of hydrogen-bond acceptors (Lipinski definition) is 4. The van der Waals surface area contributed by atoms with Crippen LogP contribution < -0.4 is 11.1 Å². The van der Waals surface area contributed by atoms with Crippen molar-refractivity contribution >= 4 is 11.3 Å². The van der Waals surface area contributed by atoms with E-state index in [2.05, 4.69) is 10.3 Å². The van der Waals surface area contributed by atoms with Gasteiger partial charge in [-0.3, -0.25) is 0 Å². The van der Waals surface area contributed by atoms with Gasteiger partial charge in [-0.15, -0.1) is 11.3 Å². The number of nitrogens with two attached hydrogens (primary N) is 1. The van der Waals surface area contributed by atoms with Crippen molar-refractivity contribution in [2.45, 2.75) is 45.2 Å². The maximum atomic E-state index is 6.11. The first-order valence-corrected chi connectivity index (χ1v) is 6.95. The Labute approximate surface area is 101 Å². The van der Waals surface area contributed by atoms with E-state index in [1.54, 1.807) is 11.3 Å². The Balaban J connectivity index is 1.71. The lowest BCUT2D eigenvalue weighted by Gasteiger charge is -2.28. The van der Waals surface area contributed by atoms with E-state index in [-0.39, 0.29) is 0 Å². The van der Waals surface area contributed by atoms with Gasteiger partial charge in [0.15, 0.2) is 0 Å². The lowest BCUT2D eigenvalue weighted by atomic mass is 9.85. The van der Waals surface area contributed by atoms with Gasteiger partial charge in [-0.25, -0.2) is 4.98 Å². The number of thiazole rings is 1. The number of rotatable bonds is 4. The van der Waals surface area contributed by atoms with Crippen LogP contribution in [0.15, 0.2) is 6.20 Å². The molecule has 1 saturated carbocycles. The number of aromatic nitrogens is 1. The first-order valence-electron chi connectivity index (χ1n) is 6.13. The van der Waals surface area contributed by atoms with Gasteiger partial charge in [0.25, 0.3) is 0 Å². The van der Waals surface area contributed by atoms with Crippen LogP contribution in [0.5, 0.6) is 0 Å². The molecule has 1 aliphatic rings. The molecule has 0 spiro atoms. The summed E-state index contributed by atoms with van der Waals surface area (Å²) in [6.07, 6.45) is 7.11. The van der Waals surface area contributed by atoms with Gasteiger partial charge in [-0.1, -0.05) is 12.8 Å². The minimum Gasteiger partial charge on any atom is -0.327 e. The van der Waals surface area contributed by atoms with E-state index in [4.69, 9.17) is 5.73 Å². The molecule has 1 fully saturated rings. The number of aryl methyl sites for hydroxylation is 1. The molecule has 2 atom stereocenters. The minimum atomic E-state index is 0.407. The van der Waals surface area contributed by atoms with Crippen LogP contribution in [0.25, 0.3) is 0 Å². The fraction of sp³-hybridized carbons (Fsp3) is 0.750. The van der Waals surface area contributed by atoms with E-state index in [9.17, 15) is 0 Å². The van der Waals surface area contributed by atoms with Crippen LogP contribution in [-0.2, 0) is 6.54 Å². The summed E-state index contributed by atoms with van der Waals surface area (Å²) in [4.78, 5) is 5.57. The predicted molar refractivity (Wildman–Crippen MR) is 68.5 cm³/mol. The molecule has 1 aliphatic carbocycles. The molecule has 0 saturated heterocycles. The molecule has 0 amide bonds. The highest BCUT2D eigenvalue weighted by Crippen LogP contribution is 2.22. The summed E-state index contributed by atoms with van der Waals surface area (Å²) in [5.41, 5.74) is 6.11. The molecule has 2 rings (SSSR count). The summed E-state index contributed by atoms with van der Waals surface area (Å²) in [7, 11) is 0. The largest absolute Gasteiger partial charge is 0.327 e. The third-order valence-electron chi connectivity index (χ3n) is 3.34. The van der Waals surface area contributed by atoms with Gasteiger partial charge in [0.2, 0.25) is 0 Å². The Morgan fingerprint density at radius 1 is 1.50 bits per heavy atom. The lowest BCUT2D eigenvalue weighted by molar-refractivity contribution is 0.296. The van der Waals surface area contributed by atoms with Gasteiger partial charge in [0.05, 0.1) is 5.01 Å². The topological polar surface area (TPSA) is 50.9 Å². The van der Waals surface area contributed by atoms with Gasteiger partial charge < -0.3 is 11.1 Å². The number of hydrogen-bond donors (Lipinski definition) is 2. The van der Waals surface area contributed by atoms with Crippen molar-refractivity contribution in [3.05, 3.63) is 16.1 Å². The van der Waals surface area contributed by atoms with E-state index in [1.807, 2.05) is 13.1 Å². The Hall–Kier alpha value is -0.450. The molecule has 16 heavy (non-hydrogen) atoms. The summed E-state index contributed by atoms with van der Waals surface area (Å²) >= 11 is 1.77. The standard InChI is InChI=1S/C12H21N3S/c1-9-15-8-11(16-9)7-14-6-10-4-2-3-5-12(10)13/h8,10,12,14H,2-7,13H2,1H3. The number of nitrogens with zero attached hydrogens (tertiary/aromatic N) is 1. The van der Waals surface area contributed by atoms with E-state index in [1.165, 1.54) is 30.6 Å². The third-order valence-corrected chi connectivity index (χ3v) is 4.26. The van der Waals surface area contributed by atoms with Gasteiger partial charge in [-0.2, -0.15) is 0 Å². The minimum absolute atomic E-state index is 0.407. The molecular weight excluding hydrogens is 218 g/mol. The quantitative estimate of drug-likeness (QED) is 0.845. The molecule has 0 aromatic carbocycles. The van der Waals surface area contributed by atoms with Crippen molar-refractivity contribution < 1.29 is 0 Å². The second kappa shape index (κ2) is 5.75. The van der Waals surface area contributed by atoms with Crippen molar-refractivity contribution in [3.8, 4) is 0 Å². The SMILES string of the molecule is Cc1ncc(CNCC2CCCCC2N)s1. The molecule has 0 radical (unpaired) electrons. The van der Waals surface area contributed by atoms with Crippen molar-refractivity contribution in [2.75, 3.05) is 6.54 Å². The molecule has 2 unspecified atom stereocenters. The first kappa shape index (κ1) is 12.0. The molecule has 0 bridgehead atoms. The van der Waals surface area contributed by atoms with Gasteiger partial charge in [-0.05, 0) is 32.2 Å². The van der Waals surface area contributed by atoms with Crippen LogP contribution in [0.1, 0.15) is 35.6 Å². The van der Waals surface area contributed by atoms with Crippen LogP contribution in [0.3, 0.4) is 0 Å². The average Bonchev–Trinajstić information content (AvgIpc) is 2.67. The maximum absolute atomic E-state index is 6.11. The second-order valence-corrected chi connectivity index (χ2v) is 6.00. The monoisotopic (exact) mass is 239 g/mol. The van der Waals surface area contributed by atoms with E-state index >= 15 is 0 Å². The van der Waals surface area contributed by atoms with Crippen LogP contribution in [0.4, 0.5) is 0 Å². The average molecular weight is 239 g/mol. The van der Waals surface area contributed by atoms with Crippen LogP contribution in [-0.4, -0.2) is 17.6 Å². The van der Waals surface area contributed by atoms with Crippen molar-refractivity contribution in [1.29, 1.82) is 0 Å². The third kappa shape index (κ3) is 3.27. The fourth-order valence-electron chi connectivity index (χ4n) is 2.36. The molecule has 90 valence electrons. The Bertz CT molecular complexity index is 324. The van der Waals surface area contributed by atoms with E-state index in [0.717, 1.165) is 18.1 Å². The molecule has 3 N–H and O–H groups in total. The molecule has 4 heteroatoms. The molecule has 3 nitrogen and oxygen atoms in total. The summed E-state index contributed by atoms with van der Waals surface area (Å²) in [6, 6.07) is 0.407. The highest BCUT2D eigenvalue weighted by molar-refractivity contribution is 7.11. The number of nitrogens with one attached hydrogen (secondary N) is 1. The zero-order valence-corrected chi connectivity index (χ0v) is 10.7. The summed E-state index contributed by atoms with van der Waals surface area (Å²) in [5, 5.41) is 4.65. The summed E-state index contributed by atoms with van der Waals surface area (Å²) in [5.74, 6) is 0.669. The molecule has 0 aliphatic heterocycles. The summed E-state index contributed by atoms with van der Waals surface area (Å²) < 4.78 is 0. The van der Waals surface area contributed by atoms with Crippen LogP contribution in [0.2, 0.25) is 0 Å². The highest BCUT2D eigenvalue weighted by Gasteiger charge is 2.20. The normalized spacial score (nSPS) is 25.9. The predicted octanol–water partition coefficient (Wildman–Crippen LogP) is 2.06. The van der Waals surface area contributed by atoms with Crippen LogP contribution >= 0.6 is 11.3 Å². The Kier molecular flexibility index (Phi) is 4.32. The van der Waals surface area contributed by atoms with Crippen molar-refractivity contribution in [2.24, 2.45) is 11.7 Å². The van der Waals surface area contributed by atoms with Gasteiger partial charge in [0, 0.05) is 23.7 Å². The Morgan fingerprint density at radius 2 is 2.31 bits per heavy atom. The van der Waals surface area contributed by atoms with Gasteiger partial charge >= 0.3 is 0 Å². The molecule has 1 aromatic rings. The Morgan fingerprint density at radius 3 is 3.00 bits per heavy atom. The first-order chi connectivity index (χ1) is 7.75. The molecular formula is C12H21N3S. The van der Waals surface area contributed by atoms with Crippen LogP contribution in [0, 0.1) is 12.8 Å². The van der Waals surface area contributed by atoms with Crippen molar-refractivity contribution in [1.82, 2.24) is 10.3 Å². The molecule has 1 heterocycles. The van der Waals surface area contributed by atoms with E-state index in [0.29, 0.717) is 12.0 Å². The maximum Gasteiger partial charge on any atom is 0.0897 e. The fourth-order valence-corrected chi connectivity index (χ4v) is 3.12. The lowest BCUT2D eigenvalue weighted by Crippen LogP contribution is -2.39. The van der Waals surface area contributed by atoms with Gasteiger partial charge in [0.1, 0.15) is 0 Å². The zero-order valence-electron chi connectivity index (χ0n) is 9.91. The van der Waals surface area contributed by atoms with E-state index < -0.39 is 0 Å². The molecule has 1 aromatic heterocycles. The smallest absolute Gasteiger partial charge is 0.0897 e. The summed E-state index contributed by atoms with van der Waals surface area (Å²) in [6.45, 7) is 4.04.